The van der Waals surface area contributed by atoms with Crippen molar-refractivity contribution >= 4 is 63.0 Å². The van der Waals surface area contributed by atoms with Gasteiger partial charge in [0.1, 0.15) is 5.04 Å². The number of carbonyl (C=O) groups is 1. The SMILES string of the molecule is CCCC1=NN2C(=N)/C(=C\c3cc(C)n(-c4cc(Cl)ccc4Cl)c3C)C(=O)N=C2S1. The van der Waals surface area contributed by atoms with Gasteiger partial charge in [0.05, 0.1) is 16.3 Å². The number of nitrogens with one attached hydrogen (secondary N) is 1. The Bertz CT molecular complexity index is 1180. The monoisotopic (exact) mass is 459 g/mol. The summed E-state index contributed by atoms with van der Waals surface area (Å²) >= 11 is 13.9. The number of halogens is 2. The van der Waals surface area contributed by atoms with Crippen LogP contribution in [-0.4, -0.2) is 31.5 Å². The quantitative estimate of drug-likeness (QED) is 0.585. The zero-order chi connectivity index (χ0) is 21.6. The Morgan fingerprint density at radius 3 is 2.73 bits per heavy atom. The number of fused-ring (bicyclic) bond motifs is 1. The fourth-order valence-electron chi connectivity index (χ4n) is 3.46. The topological polar surface area (TPSA) is 73.8 Å². The first-order valence-corrected chi connectivity index (χ1v) is 11.0. The third-order valence-corrected chi connectivity index (χ3v) is 6.40. The van der Waals surface area contributed by atoms with Crippen LogP contribution >= 0.6 is 35.0 Å². The number of aryl methyl sites for hydroxylation is 1. The van der Waals surface area contributed by atoms with Gasteiger partial charge in [0.15, 0.2) is 5.84 Å². The molecule has 1 N–H and O–H groups in total. The van der Waals surface area contributed by atoms with Crippen molar-refractivity contribution in [2.75, 3.05) is 0 Å². The predicted octanol–water partition coefficient (Wildman–Crippen LogP) is 5.82. The summed E-state index contributed by atoms with van der Waals surface area (Å²) in [5.74, 6) is -0.397. The van der Waals surface area contributed by atoms with E-state index in [9.17, 15) is 4.79 Å². The maximum atomic E-state index is 12.7. The van der Waals surface area contributed by atoms with E-state index in [0.29, 0.717) is 15.2 Å². The Morgan fingerprint density at radius 2 is 2.00 bits per heavy atom. The Kier molecular flexibility index (Phi) is 5.61. The molecule has 9 heteroatoms. The number of hydrazone groups is 1. The van der Waals surface area contributed by atoms with Crippen molar-refractivity contribution in [3.8, 4) is 5.69 Å². The molecule has 1 aromatic carbocycles. The van der Waals surface area contributed by atoms with Gasteiger partial charge in [-0.25, -0.2) is 0 Å². The first-order chi connectivity index (χ1) is 14.3. The van der Waals surface area contributed by atoms with Crippen molar-refractivity contribution < 1.29 is 4.79 Å². The second-order valence-electron chi connectivity index (χ2n) is 7.02. The third kappa shape index (κ3) is 3.62. The molecule has 2 aromatic rings. The van der Waals surface area contributed by atoms with Crippen molar-refractivity contribution in [3.63, 3.8) is 0 Å². The molecule has 0 atom stereocenters. The first-order valence-electron chi connectivity index (χ1n) is 9.43. The van der Waals surface area contributed by atoms with Crippen molar-refractivity contribution in [1.29, 1.82) is 5.41 Å². The number of aliphatic imine (C=N–C) groups is 1. The number of amidine groups is 2. The molecule has 6 nitrogen and oxygen atoms in total. The van der Waals surface area contributed by atoms with Crippen molar-refractivity contribution in [2.24, 2.45) is 10.1 Å². The molecule has 2 aliphatic heterocycles. The van der Waals surface area contributed by atoms with Gasteiger partial charge in [-0.2, -0.15) is 15.1 Å². The number of hydrogen-bond donors (Lipinski definition) is 1. The highest BCUT2D eigenvalue weighted by molar-refractivity contribution is 8.26. The molecular weight excluding hydrogens is 441 g/mol. The van der Waals surface area contributed by atoms with E-state index in [1.54, 1.807) is 24.3 Å². The molecule has 1 aromatic heterocycles. The van der Waals surface area contributed by atoms with E-state index in [0.717, 1.165) is 40.5 Å². The number of aromatic nitrogens is 1. The lowest BCUT2D eigenvalue weighted by atomic mass is 10.1. The highest BCUT2D eigenvalue weighted by Crippen LogP contribution is 2.32. The van der Waals surface area contributed by atoms with E-state index in [2.05, 4.69) is 17.0 Å². The normalized spacial score (nSPS) is 17.5. The highest BCUT2D eigenvalue weighted by atomic mass is 35.5. The van der Waals surface area contributed by atoms with E-state index >= 15 is 0 Å². The van der Waals surface area contributed by atoms with Crippen molar-refractivity contribution in [2.45, 2.75) is 33.6 Å². The second kappa shape index (κ2) is 8.06. The minimum atomic E-state index is -0.433. The summed E-state index contributed by atoms with van der Waals surface area (Å²) in [6.45, 7) is 5.95. The molecule has 2 aliphatic rings. The van der Waals surface area contributed by atoms with E-state index in [1.807, 2.05) is 24.5 Å². The van der Waals surface area contributed by atoms with Crippen LogP contribution < -0.4 is 0 Å². The average Bonchev–Trinajstić information content (AvgIpc) is 3.21. The molecule has 0 spiro atoms. The number of thioether (sulfide) groups is 1. The van der Waals surface area contributed by atoms with Crippen LogP contribution in [0.2, 0.25) is 10.0 Å². The van der Waals surface area contributed by atoms with Gasteiger partial charge in [-0.05, 0) is 74.4 Å². The number of amides is 1. The van der Waals surface area contributed by atoms with E-state index in [4.69, 9.17) is 28.6 Å². The summed E-state index contributed by atoms with van der Waals surface area (Å²) in [7, 11) is 0. The fourth-order valence-corrected chi connectivity index (χ4v) is 4.82. The molecule has 1 amide bonds. The maximum Gasteiger partial charge on any atom is 0.283 e. The van der Waals surface area contributed by atoms with Crippen LogP contribution in [0.15, 0.2) is 39.9 Å². The van der Waals surface area contributed by atoms with Crippen LogP contribution in [0.5, 0.6) is 0 Å². The van der Waals surface area contributed by atoms with Crippen LogP contribution in [-0.2, 0) is 4.79 Å². The lowest BCUT2D eigenvalue weighted by Gasteiger charge is -2.20. The first kappa shape index (κ1) is 20.9. The average molecular weight is 460 g/mol. The molecular formula is C21H19Cl2N5OS. The smallest absolute Gasteiger partial charge is 0.283 e. The standard InChI is InChI=1S/C21H19Cl2N5OS/c1-4-5-18-26-28-19(24)15(20(29)25-21(28)30-18)9-13-8-11(2)27(12(13)3)17-10-14(22)6-7-16(17)23/h6-10,24H,4-5H2,1-3H3/b15-9+,24-19?. The third-order valence-electron chi connectivity index (χ3n) is 4.88. The molecule has 0 saturated carbocycles. The lowest BCUT2D eigenvalue weighted by Crippen LogP contribution is -2.35. The van der Waals surface area contributed by atoms with Crippen LogP contribution in [0, 0.1) is 19.3 Å². The predicted molar refractivity (Wildman–Crippen MR) is 125 cm³/mol. The van der Waals surface area contributed by atoms with E-state index < -0.39 is 5.91 Å². The molecule has 0 bridgehead atoms. The summed E-state index contributed by atoms with van der Waals surface area (Å²) in [6.07, 6.45) is 3.43. The summed E-state index contributed by atoms with van der Waals surface area (Å²) in [5, 5.41) is 16.9. The minimum Gasteiger partial charge on any atom is -0.316 e. The number of hydrogen-bond acceptors (Lipinski definition) is 4. The Hall–Kier alpha value is -2.35. The largest absolute Gasteiger partial charge is 0.316 e. The highest BCUT2D eigenvalue weighted by Gasteiger charge is 2.35. The van der Waals surface area contributed by atoms with Gasteiger partial charge in [0.25, 0.3) is 5.91 Å². The van der Waals surface area contributed by atoms with Crippen LogP contribution in [0.25, 0.3) is 11.8 Å². The van der Waals surface area contributed by atoms with Gasteiger partial charge in [0.2, 0.25) is 5.17 Å². The fraction of sp³-hybridized carbons (Fsp3) is 0.238. The Morgan fingerprint density at radius 1 is 1.23 bits per heavy atom. The van der Waals surface area contributed by atoms with Gasteiger partial charge >= 0.3 is 0 Å². The van der Waals surface area contributed by atoms with E-state index in [1.165, 1.54) is 16.8 Å². The van der Waals surface area contributed by atoms with Gasteiger partial charge in [0, 0.05) is 16.4 Å². The van der Waals surface area contributed by atoms with Crippen molar-refractivity contribution in [3.05, 3.63) is 56.8 Å². The molecule has 3 heterocycles. The molecule has 0 unspecified atom stereocenters. The molecule has 0 radical (unpaired) electrons. The summed E-state index contributed by atoms with van der Waals surface area (Å²) in [5.41, 5.74) is 3.59. The zero-order valence-corrected chi connectivity index (χ0v) is 19.0. The molecule has 4 rings (SSSR count). The number of nitrogens with zero attached hydrogens (tertiary/aromatic N) is 4. The number of rotatable bonds is 4. The summed E-state index contributed by atoms with van der Waals surface area (Å²) < 4.78 is 1.98. The lowest BCUT2D eigenvalue weighted by molar-refractivity contribution is -0.114. The van der Waals surface area contributed by atoms with Crippen LogP contribution in [0.3, 0.4) is 0 Å². The molecule has 0 aliphatic carbocycles. The second-order valence-corrected chi connectivity index (χ2v) is 8.91. The molecule has 154 valence electrons. The minimum absolute atomic E-state index is 0.0363. The number of carbonyl (C=O) groups excluding carboxylic acids is 1. The van der Waals surface area contributed by atoms with Crippen LogP contribution in [0.1, 0.15) is 36.7 Å². The number of benzene rings is 1. The molecule has 0 fully saturated rings. The zero-order valence-electron chi connectivity index (χ0n) is 16.7. The Labute approximate surface area is 188 Å². The van der Waals surface area contributed by atoms with E-state index in [-0.39, 0.29) is 11.4 Å². The molecule has 30 heavy (non-hydrogen) atoms. The van der Waals surface area contributed by atoms with Gasteiger partial charge < -0.3 is 4.57 Å². The maximum absolute atomic E-state index is 12.7. The van der Waals surface area contributed by atoms with Crippen molar-refractivity contribution in [1.82, 2.24) is 9.58 Å². The Balaban J connectivity index is 1.75. The van der Waals surface area contributed by atoms with Gasteiger partial charge in [-0.15, -0.1) is 0 Å². The van der Waals surface area contributed by atoms with Gasteiger partial charge in [-0.3, -0.25) is 10.2 Å². The molecule has 0 saturated heterocycles. The summed E-state index contributed by atoms with van der Waals surface area (Å²) in [4.78, 5) is 16.8. The summed E-state index contributed by atoms with van der Waals surface area (Å²) in [6, 6.07) is 7.24. The van der Waals surface area contributed by atoms with Crippen LogP contribution in [0.4, 0.5) is 0 Å². The van der Waals surface area contributed by atoms with Gasteiger partial charge in [-0.1, -0.05) is 30.1 Å².